The van der Waals surface area contributed by atoms with E-state index in [9.17, 15) is 4.79 Å². The lowest BCUT2D eigenvalue weighted by Crippen LogP contribution is -2.42. The monoisotopic (exact) mass is 224 g/mol. The van der Waals surface area contributed by atoms with Crippen LogP contribution in [-0.2, 0) is 4.79 Å². The van der Waals surface area contributed by atoms with Crippen LogP contribution in [0.5, 0.6) is 0 Å². The molecule has 0 aromatic heterocycles. The molecule has 0 spiro atoms. The van der Waals surface area contributed by atoms with Crippen LogP contribution < -0.4 is 0 Å². The number of carbonyl (C=O) groups excluding carboxylic acids is 1. The maximum atomic E-state index is 12.0. The smallest absolute Gasteiger partial charge is 0.136 e. The lowest BCUT2D eigenvalue weighted by molar-refractivity contribution is -0.133. The van der Waals surface area contributed by atoms with E-state index in [4.69, 9.17) is 0 Å². The van der Waals surface area contributed by atoms with Crippen molar-refractivity contribution in [1.82, 2.24) is 0 Å². The molecule has 0 aromatic carbocycles. The van der Waals surface area contributed by atoms with Gasteiger partial charge in [0.05, 0.1) is 0 Å². The van der Waals surface area contributed by atoms with Gasteiger partial charge in [0.25, 0.3) is 0 Å². The van der Waals surface area contributed by atoms with Crippen LogP contribution >= 0.6 is 0 Å². The van der Waals surface area contributed by atoms with Crippen molar-refractivity contribution in [1.29, 1.82) is 0 Å². The van der Waals surface area contributed by atoms with Gasteiger partial charge in [0.15, 0.2) is 0 Å². The summed E-state index contributed by atoms with van der Waals surface area (Å²) < 4.78 is 0. The summed E-state index contributed by atoms with van der Waals surface area (Å²) in [7, 11) is 0. The van der Waals surface area contributed by atoms with Gasteiger partial charge in [-0.05, 0) is 43.4 Å². The number of carbonyl (C=O) groups is 1. The predicted octanol–water partition coefficient (Wildman–Crippen LogP) is 4.45. The van der Waals surface area contributed by atoms with Crippen LogP contribution in [0.15, 0.2) is 0 Å². The summed E-state index contributed by atoms with van der Waals surface area (Å²) >= 11 is 0. The summed E-state index contributed by atoms with van der Waals surface area (Å²) in [5.74, 6) is 1.85. The van der Waals surface area contributed by atoms with Gasteiger partial charge in [-0.3, -0.25) is 4.79 Å². The molecule has 1 heteroatoms. The molecule has 16 heavy (non-hydrogen) atoms. The first-order chi connectivity index (χ1) is 7.33. The Kier molecular flexibility index (Phi) is 3.87. The van der Waals surface area contributed by atoms with Gasteiger partial charge in [-0.15, -0.1) is 0 Å². The molecule has 1 aliphatic rings. The highest BCUT2D eigenvalue weighted by molar-refractivity contribution is 5.83. The standard InChI is InChI=1S/C15H28O/c1-7-11(3)13-9-10-15(6,12(4)16)14(13,5)8-2/h11,13H,7-10H2,1-6H3. The van der Waals surface area contributed by atoms with Crippen molar-refractivity contribution >= 4 is 5.78 Å². The molecule has 0 amide bonds. The largest absolute Gasteiger partial charge is 0.299 e. The number of rotatable bonds is 4. The molecular formula is C15H28O. The Morgan fingerprint density at radius 2 is 1.94 bits per heavy atom. The summed E-state index contributed by atoms with van der Waals surface area (Å²) in [6.45, 7) is 13.2. The Labute approximate surface area is 101 Å². The van der Waals surface area contributed by atoms with Crippen molar-refractivity contribution in [3.63, 3.8) is 0 Å². The lowest BCUT2D eigenvalue weighted by Gasteiger charge is -2.44. The second-order valence-corrected chi connectivity index (χ2v) is 6.19. The van der Waals surface area contributed by atoms with E-state index in [-0.39, 0.29) is 10.8 Å². The molecule has 94 valence electrons. The van der Waals surface area contributed by atoms with Crippen LogP contribution in [-0.4, -0.2) is 5.78 Å². The van der Waals surface area contributed by atoms with E-state index in [0.29, 0.717) is 5.78 Å². The molecule has 1 nitrogen and oxygen atoms in total. The zero-order chi connectivity index (χ0) is 12.6. The minimum absolute atomic E-state index is 0.0875. The molecule has 0 bridgehead atoms. The SMILES string of the molecule is CCC(C)C1CCC(C)(C(C)=O)C1(C)CC. The summed E-state index contributed by atoms with van der Waals surface area (Å²) in [4.78, 5) is 12.0. The van der Waals surface area contributed by atoms with Crippen molar-refractivity contribution < 1.29 is 4.79 Å². The fraction of sp³-hybridized carbons (Fsp3) is 0.933. The Morgan fingerprint density at radius 3 is 2.31 bits per heavy atom. The van der Waals surface area contributed by atoms with E-state index in [2.05, 4.69) is 34.6 Å². The molecule has 0 saturated heterocycles. The van der Waals surface area contributed by atoms with Gasteiger partial charge in [0.1, 0.15) is 5.78 Å². The number of ketones is 1. The van der Waals surface area contributed by atoms with Crippen molar-refractivity contribution in [3.8, 4) is 0 Å². The Bertz CT molecular complexity index is 271. The highest BCUT2D eigenvalue weighted by Crippen LogP contribution is 2.60. The number of hydrogen-bond donors (Lipinski definition) is 0. The normalized spacial score (nSPS) is 41.0. The maximum Gasteiger partial charge on any atom is 0.136 e. The van der Waals surface area contributed by atoms with Gasteiger partial charge >= 0.3 is 0 Å². The summed E-state index contributed by atoms with van der Waals surface area (Å²) in [5.41, 5.74) is 0.115. The van der Waals surface area contributed by atoms with Gasteiger partial charge < -0.3 is 0 Å². The molecule has 1 saturated carbocycles. The van der Waals surface area contributed by atoms with Crippen LogP contribution in [0.1, 0.15) is 67.2 Å². The maximum absolute atomic E-state index is 12.0. The highest BCUT2D eigenvalue weighted by atomic mass is 16.1. The van der Waals surface area contributed by atoms with Crippen molar-refractivity contribution in [2.45, 2.75) is 67.2 Å². The van der Waals surface area contributed by atoms with Crippen LogP contribution in [0.2, 0.25) is 0 Å². The molecule has 0 heterocycles. The van der Waals surface area contributed by atoms with Crippen LogP contribution in [0.4, 0.5) is 0 Å². The van der Waals surface area contributed by atoms with E-state index in [1.54, 1.807) is 6.92 Å². The summed E-state index contributed by atoms with van der Waals surface area (Å²) in [6, 6.07) is 0. The first kappa shape index (κ1) is 13.7. The molecule has 0 N–H and O–H groups in total. The molecule has 0 aliphatic heterocycles. The third-order valence-corrected chi connectivity index (χ3v) is 5.88. The number of Topliss-reactive ketones (excluding diaryl/α,β-unsaturated/α-hetero) is 1. The topological polar surface area (TPSA) is 17.1 Å². The molecular weight excluding hydrogens is 196 g/mol. The minimum atomic E-state index is -0.0875. The summed E-state index contributed by atoms with van der Waals surface area (Å²) in [6.07, 6.45) is 4.67. The van der Waals surface area contributed by atoms with Crippen molar-refractivity contribution in [2.24, 2.45) is 22.7 Å². The zero-order valence-corrected chi connectivity index (χ0v) is 11.9. The van der Waals surface area contributed by atoms with Crippen molar-refractivity contribution in [2.75, 3.05) is 0 Å². The molecule has 1 aliphatic carbocycles. The summed E-state index contributed by atoms with van der Waals surface area (Å²) in [5, 5.41) is 0. The molecule has 0 aromatic rings. The van der Waals surface area contributed by atoms with Crippen LogP contribution in [0.25, 0.3) is 0 Å². The van der Waals surface area contributed by atoms with E-state index in [0.717, 1.165) is 24.7 Å². The van der Waals surface area contributed by atoms with E-state index in [1.807, 2.05) is 0 Å². The predicted molar refractivity (Wildman–Crippen MR) is 69.4 cm³/mol. The second-order valence-electron chi connectivity index (χ2n) is 6.19. The van der Waals surface area contributed by atoms with Crippen LogP contribution in [0.3, 0.4) is 0 Å². The van der Waals surface area contributed by atoms with Crippen molar-refractivity contribution in [3.05, 3.63) is 0 Å². The van der Waals surface area contributed by atoms with E-state index < -0.39 is 0 Å². The molecule has 4 unspecified atom stereocenters. The first-order valence-corrected chi connectivity index (χ1v) is 6.84. The average Bonchev–Trinajstić information content (AvgIpc) is 2.53. The zero-order valence-electron chi connectivity index (χ0n) is 11.9. The Hall–Kier alpha value is -0.330. The van der Waals surface area contributed by atoms with Gasteiger partial charge in [-0.2, -0.15) is 0 Å². The van der Waals surface area contributed by atoms with E-state index >= 15 is 0 Å². The average molecular weight is 224 g/mol. The highest BCUT2D eigenvalue weighted by Gasteiger charge is 2.56. The lowest BCUT2D eigenvalue weighted by atomic mass is 9.59. The van der Waals surface area contributed by atoms with Gasteiger partial charge in [0, 0.05) is 5.41 Å². The molecule has 1 fully saturated rings. The molecule has 0 radical (unpaired) electrons. The Morgan fingerprint density at radius 1 is 1.38 bits per heavy atom. The number of hydrogen-bond acceptors (Lipinski definition) is 1. The fourth-order valence-corrected chi connectivity index (χ4v) is 3.89. The minimum Gasteiger partial charge on any atom is -0.299 e. The third kappa shape index (κ3) is 1.72. The first-order valence-electron chi connectivity index (χ1n) is 6.84. The third-order valence-electron chi connectivity index (χ3n) is 5.88. The quantitative estimate of drug-likeness (QED) is 0.689. The second kappa shape index (κ2) is 4.50. The molecule has 4 atom stereocenters. The van der Waals surface area contributed by atoms with E-state index in [1.165, 1.54) is 12.8 Å². The van der Waals surface area contributed by atoms with Crippen LogP contribution in [0, 0.1) is 22.7 Å². The fourth-order valence-electron chi connectivity index (χ4n) is 3.89. The Balaban J connectivity index is 3.08. The van der Waals surface area contributed by atoms with Gasteiger partial charge in [0.2, 0.25) is 0 Å². The van der Waals surface area contributed by atoms with Gasteiger partial charge in [-0.1, -0.05) is 41.0 Å². The molecule has 1 rings (SSSR count). The van der Waals surface area contributed by atoms with Gasteiger partial charge in [-0.25, -0.2) is 0 Å².